The number of piperazine rings is 1. The van der Waals surface area contributed by atoms with Gasteiger partial charge in [-0.25, -0.2) is 4.79 Å². The zero-order valence-electron chi connectivity index (χ0n) is 16.1. The molecule has 3 aliphatic rings. The van der Waals surface area contributed by atoms with Crippen molar-refractivity contribution in [2.45, 2.75) is 90.1 Å². The summed E-state index contributed by atoms with van der Waals surface area (Å²) in [6.07, 6.45) is 5.20. The van der Waals surface area contributed by atoms with E-state index in [9.17, 15) is 4.79 Å². The molecule has 138 valence electrons. The molecule has 3 heterocycles. The number of hydrogen-bond donors (Lipinski definition) is 0. The van der Waals surface area contributed by atoms with Crippen molar-refractivity contribution in [3.63, 3.8) is 0 Å². The van der Waals surface area contributed by atoms with E-state index >= 15 is 0 Å². The molecular formula is C19H35N3O2. The summed E-state index contributed by atoms with van der Waals surface area (Å²) in [5.41, 5.74) is -0.406. The van der Waals surface area contributed by atoms with Crippen LogP contribution in [0.3, 0.4) is 0 Å². The lowest BCUT2D eigenvalue weighted by Gasteiger charge is -2.47. The van der Waals surface area contributed by atoms with Gasteiger partial charge in [-0.15, -0.1) is 0 Å². The van der Waals surface area contributed by atoms with Crippen molar-refractivity contribution in [1.29, 1.82) is 0 Å². The predicted molar refractivity (Wildman–Crippen MR) is 96.2 cm³/mol. The van der Waals surface area contributed by atoms with E-state index in [2.05, 4.69) is 23.6 Å². The Hall–Kier alpha value is -0.810. The Morgan fingerprint density at radius 1 is 0.958 bits per heavy atom. The van der Waals surface area contributed by atoms with Crippen molar-refractivity contribution in [3.05, 3.63) is 0 Å². The van der Waals surface area contributed by atoms with Crippen LogP contribution in [0, 0.1) is 0 Å². The molecule has 3 rings (SSSR count). The maximum Gasteiger partial charge on any atom is 0.410 e. The maximum atomic E-state index is 12.2. The summed E-state index contributed by atoms with van der Waals surface area (Å²) in [5, 5.41) is 0. The molecule has 3 saturated heterocycles. The molecule has 2 bridgehead atoms. The van der Waals surface area contributed by atoms with Gasteiger partial charge < -0.3 is 9.64 Å². The minimum Gasteiger partial charge on any atom is -0.444 e. The van der Waals surface area contributed by atoms with Gasteiger partial charge in [0.1, 0.15) is 5.60 Å². The van der Waals surface area contributed by atoms with Crippen LogP contribution in [0.15, 0.2) is 0 Å². The normalized spacial score (nSPS) is 32.4. The van der Waals surface area contributed by atoms with Gasteiger partial charge in [0.15, 0.2) is 0 Å². The molecule has 2 atom stereocenters. The second-order valence-electron chi connectivity index (χ2n) is 9.05. The second kappa shape index (κ2) is 6.83. The maximum absolute atomic E-state index is 12.2. The molecule has 2 unspecified atom stereocenters. The topological polar surface area (TPSA) is 36.0 Å². The van der Waals surface area contributed by atoms with Crippen LogP contribution in [0.2, 0.25) is 0 Å². The Bertz CT molecular complexity index is 438. The highest BCUT2D eigenvalue weighted by Crippen LogP contribution is 2.39. The van der Waals surface area contributed by atoms with Crippen molar-refractivity contribution >= 4 is 6.09 Å². The molecule has 5 heteroatoms. The number of ether oxygens (including phenoxy) is 1. The molecule has 1 amide bonds. The molecule has 0 saturated carbocycles. The number of carbonyl (C=O) groups excluding carboxylic acids is 1. The highest BCUT2D eigenvalue weighted by Gasteiger charge is 2.43. The third-order valence-corrected chi connectivity index (χ3v) is 5.84. The molecule has 5 nitrogen and oxygen atoms in total. The first-order valence-corrected chi connectivity index (χ1v) is 9.74. The first-order valence-electron chi connectivity index (χ1n) is 9.74. The number of amides is 1. The number of nitrogens with zero attached hydrogens (tertiary/aromatic N) is 3. The Labute approximate surface area is 147 Å². The smallest absolute Gasteiger partial charge is 0.410 e. The Kier molecular flexibility index (Phi) is 5.12. The van der Waals surface area contributed by atoms with Gasteiger partial charge >= 0.3 is 6.09 Å². The van der Waals surface area contributed by atoms with E-state index < -0.39 is 5.60 Å². The number of piperidine rings is 1. The average molecular weight is 338 g/mol. The van der Waals surface area contributed by atoms with E-state index in [1.165, 1.54) is 25.7 Å². The third kappa shape index (κ3) is 3.88. The van der Waals surface area contributed by atoms with E-state index in [4.69, 9.17) is 4.74 Å². The van der Waals surface area contributed by atoms with Crippen LogP contribution in [0.4, 0.5) is 4.79 Å². The van der Waals surface area contributed by atoms with E-state index in [1.807, 2.05) is 25.7 Å². The average Bonchev–Trinajstić information content (AvgIpc) is 2.77. The van der Waals surface area contributed by atoms with Gasteiger partial charge in [0, 0.05) is 50.3 Å². The van der Waals surface area contributed by atoms with Gasteiger partial charge in [-0.05, 0) is 60.3 Å². The number of hydrogen-bond acceptors (Lipinski definition) is 4. The second-order valence-corrected chi connectivity index (χ2v) is 9.05. The van der Waals surface area contributed by atoms with Gasteiger partial charge in [0.2, 0.25) is 0 Å². The Morgan fingerprint density at radius 2 is 1.50 bits per heavy atom. The van der Waals surface area contributed by atoms with E-state index in [-0.39, 0.29) is 6.09 Å². The molecule has 24 heavy (non-hydrogen) atoms. The van der Waals surface area contributed by atoms with E-state index in [1.54, 1.807) is 0 Å². The fourth-order valence-corrected chi connectivity index (χ4v) is 4.92. The van der Waals surface area contributed by atoms with Crippen LogP contribution in [-0.4, -0.2) is 76.7 Å². The summed E-state index contributed by atoms with van der Waals surface area (Å²) in [6.45, 7) is 14.0. The number of carbonyl (C=O) groups is 1. The number of fused-ring (bicyclic) bond motifs is 2. The highest BCUT2D eigenvalue weighted by atomic mass is 16.6. The van der Waals surface area contributed by atoms with Crippen LogP contribution < -0.4 is 0 Å². The largest absolute Gasteiger partial charge is 0.444 e. The molecule has 3 aliphatic heterocycles. The predicted octanol–water partition coefficient (Wildman–Crippen LogP) is 2.94. The summed E-state index contributed by atoms with van der Waals surface area (Å²) in [7, 11) is 0. The van der Waals surface area contributed by atoms with Crippen molar-refractivity contribution in [1.82, 2.24) is 14.7 Å². The van der Waals surface area contributed by atoms with Gasteiger partial charge in [0.25, 0.3) is 0 Å². The first kappa shape index (κ1) is 18.0. The standard InChI is InChI=1S/C19H35N3O2/c1-14(2)22-15-6-7-16(22)13-17(12-15)20-8-10-21(11-9-20)18(23)24-19(3,4)5/h14-17H,6-13H2,1-5H3. The Balaban J connectivity index is 1.50. The fourth-order valence-electron chi connectivity index (χ4n) is 4.92. The fraction of sp³-hybridized carbons (Fsp3) is 0.947. The molecule has 0 aromatic carbocycles. The summed E-state index contributed by atoms with van der Waals surface area (Å²) in [6, 6.07) is 2.93. The molecule has 0 aromatic rings. The quantitative estimate of drug-likeness (QED) is 0.776. The van der Waals surface area contributed by atoms with E-state index in [0.29, 0.717) is 12.1 Å². The molecule has 3 fully saturated rings. The third-order valence-electron chi connectivity index (χ3n) is 5.84. The van der Waals surface area contributed by atoms with Crippen LogP contribution in [0.1, 0.15) is 60.3 Å². The summed E-state index contributed by atoms with van der Waals surface area (Å²) in [4.78, 5) is 19.5. The van der Waals surface area contributed by atoms with Gasteiger partial charge in [0.05, 0.1) is 0 Å². The Morgan fingerprint density at radius 3 is 1.96 bits per heavy atom. The molecule has 0 radical (unpaired) electrons. The van der Waals surface area contributed by atoms with E-state index in [0.717, 1.165) is 38.3 Å². The number of rotatable bonds is 2. The molecule has 0 N–H and O–H groups in total. The SMILES string of the molecule is CC(C)N1C2CCC1CC(N1CCN(C(=O)OC(C)(C)C)CC1)C2. The minimum absolute atomic E-state index is 0.156. The van der Waals surface area contributed by atoms with Gasteiger partial charge in [-0.1, -0.05) is 0 Å². The van der Waals surface area contributed by atoms with Crippen LogP contribution in [-0.2, 0) is 4.74 Å². The first-order chi connectivity index (χ1) is 11.2. The van der Waals surface area contributed by atoms with Crippen molar-refractivity contribution in [2.24, 2.45) is 0 Å². The molecule has 0 aliphatic carbocycles. The van der Waals surface area contributed by atoms with Gasteiger partial charge in [-0.3, -0.25) is 9.80 Å². The van der Waals surface area contributed by atoms with Crippen LogP contribution in [0.25, 0.3) is 0 Å². The highest BCUT2D eigenvalue weighted by molar-refractivity contribution is 5.68. The van der Waals surface area contributed by atoms with Crippen molar-refractivity contribution in [2.75, 3.05) is 26.2 Å². The minimum atomic E-state index is -0.406. The van der Waals surface area contributed by atoms with Crippen molar-refractivity contribution in [3.8, 4) is 0 Å². The lowest BCUT2D eigenvalue weighted by atomic mass is 9.94. The lowest BCUT2D eigenvalue weighted by molar-refractivity contribution is -0.00419. The summed E-state index contributed by atoms with van der Waals surface area (Å²) < 4.78 is 5.50. The zero-order chi connectivity index (χ0) is 17.5. The van der Waals surface area contributed by atoms with Gasteiger partial charge in [-0.2, -0.15) is 0 Å². The monoisotopic (exact) mass is 337 g/mol. The lowest BCUT2D eigenvalue weighted by Crippen LogP contribution is -2.57. The molecule has 0 spiro atoms. The zero-order valence-corrected chi connectivity index (χ0v) is 16.1. The molecule has 0 aromatic heterocycles. The van der Waals surface area contributed by atoms with Crippen LogP contribution >= 0.6 is 0 Å². The van der Waals surface area contributed by atoms with Crippen molar-refractivity contribution < 1.29 is 9.53 Å². The summed E-state index contributed by atoms with van der Waals surface area (Å²) in [5.74, 6) is 0. The molecular weight excluding hydrogens is 302 g/mol. The van der Waals surface area contributed by atoms with Crippen LogP contribution in [0.5, 0.6) is 0 Å². The summed E-state index contributed by atoms with van der Waals surface area (Å²) >= 11 is 0.